The van der Waals surface area contributed by atoms with Gasteiger partial charge in [-0.1, -0.05) is 12.1 Å². The van der Waals surface area contributed by atoms with Crippen LogP contribution in [0, 0.1) is 11.3 Å². The van der Waals surface area contributed by atoms with E-state index < -0.39 is 0 Å². The van der Waals surface area contributed by atoms with Gasteiger partial charge < -0.3 is 9.47 Å². The Kier molecular flexibility index (Phi) is 5.53. The molecule has 0 aliphatic rings. The van der Waals surface area contributed by atoms with E-state index in [2.05, 4.69) is 16.6 Å². The number of methoxy groups -OCH3 is 2. The molecule has 1 amide bonds. The van der Waals surface area contributed by atoms with Gasteiger partial charge in [0.15, 0.2) is 11.5 Å². The maximum absolute atomic E-state index is 12.2. The first-order valence-electron chi connectivity index (χ1n) is 7.16. The van der Waals surface area contributed by atoms with Crippen LogP contribution in [0.25, 0.3) is 0 Å². The van der Waals surface area contributed by atoms with Crippen molar-refractivity contribution in [1.82, 2.24) is 5.43 Å². The second-order valence-corrected chi connectivity index (χ2v) is 4.90. The Morgan fingerprint density at radius 1 is 1.04 bits per heavy atom. The molecule has 0 unspecified atom stereocenters. The molecule has 2 aromatic rings. The number of benzene rings is 2. The van der Waals surface area contributed by atoms with Crippen molar-refractivity contribution in [3.05, 3.63) is 59.2 Å². The van der Waals surface area contributed by atoms with Crippen molar-refractivity contribution in [2.45, 2.75) is 6.92 Å². The smallest absolute Gasteiger partial charge is 0.271 e. The van der Waals surface area contributed by atoms with Gasteiger partial charge in [-0.3, -0.25) is 4.79 Å². The summed E-state index contributed by atoms with van der Waals surface area (Å²) in [6.07, 6.45) is 0. The molecular formula is C18H17N3O3. The lowest BCUT2D eigenvalue weighted by atomic mass is 10.1. The lowest BCUT2D eigenvalue weighted by Crippen LogP contribution is -2.19. The number of nitriles is 1. The molecule has 0 saturated carbocycles. The van der Waals surface area contributed by atoms with E-state index >= 15 is 0 Å². The maximum atomic E-state index is 12.2. The fraction of sp³-hybridized carbons (Fsp3) is 0.167. The van der Waals surface area contributed by atoms with Crippen LogP contribution in [0.3, 0.4) is 0 Å². The van der Waals surface area contributed by atoms with Crippen molar-refractivity contribution in [3.63, 3.8) is 0 Å². The summed E-state index contributed by atoms with van der Waals surface area (Å²) in [7, 11) is 3.04. The molecular weight excluding hydrogens is 306 g/mol. The predicted molar refractivity (Wildman–Crippen MR) is 90.4 cm³/mol. The topological polar surface area (TPSA) is 83.7 Å². The van der Waals surface area contributed by atoms with Crippen LogP contribution in [0.4, 0.5) is 0 Å². The molecule has 1 N–H and O–H groups in total. The number of nitrogens with one attached hydrogen (secondary N) is 1. The van der Waals surface area contributed by atoms with E-state index in [9.17, 15) is 4.79 Å². The van der Waals surface area contributed by atoms with E-state index in [1.807, 2.05) is 0 Å². The summed E-state index contributed by atoms with van der Waals surface area (Å²) in [5, 5.41) is 12.9. The van der Waals surface area contributed by atoms with Crippen LogP contribution in [-0.4, -0.2) is 25.8 Å². The Bertz CT molecular complexity index is 805. The average Bonchev–Trinajstić information content (AvgIpc) is 2.65. The van der Waals surface area contributed by atoms with Crippen LogP contribution in [0.5, 0.6) is 11.5 Å². The molecule has 0 bridgehead atoms. The highest BCUT2D eigenvalue weighted by Gasteiger charge is 2.10. The normalized spacial score (nSPS) is 10.7. The third-order valence-electron chi connectivity index (χ3n) is 3.40. The summed E-state index contributed by atoms with van der Waals surface area (Å²) in [5.74, 6) is 0.660. The first-order chi connectivity index (χ1) is 11.6. The van der Waals surface area contributed by atoms with Crippen molar-refractivity contribution in [1.29, 1.82) is 5.26 Å². The number of ether oxygens (including phenoxy) is 2. The zero-order valence-electron chi connectivity index (χ0n) is 13.7. The highest BCUT2D eigenvalue weighted by atomic mass is 16.5. The molecule has 6 nitrogen and oxygen atoms in total. The molecule has 122 valence electrons. The lowest BCUT2D eigenvalue weighted by molar-refractivity contribution is 0.0954. The van der Waals surface area contributed by atoms with E-state index in [-0.39, 0.29) is 5.91 Å². The first-order valence-corrected chi connectivity index (χ1v) is 7.16. The Balaban J connectivity index is 2.12. The molecule has 0 spiro atoms. The number of hydrazone groups is 1. The third kappa shape index (κ3) is 3.90. The number of nitrogens with zero attached hydrogens (tertiary/aromatic N) is 2. The van der Waals surface area contributed by atoms with Crippen LogP contribution >= 0.6 is 0 Å². The number of carbonyl (C=O) groups is 1. The monoisotopic (exact) mass is 323 g/mol. The van der Waals surface area contributed by atoms with Gasteiger partial charge >= 0.3 is 0 Å². The molecule has 0 saturated heterocycles. The Morgan fingerprint density at radius 2 is 1.67 bits per heavy atom. The number of rotatable bonds is 5. The second-order valence-electron chi connectivity index (χ2n) is 4.90. The van der Waals surface area contributed by atoms with Crippen LogP contribution < -0.4 is 14.9 Å². The van der Waals surface area contributed by atoms with Gasteiger partial charge in [-0.25, -0.2) is 5.43 Å². The summed E-state index contributed by atoms with van der Waals surface area (Å²) in [6.45, 7) is 1.77. The number of amides is 1. The molecule has 6 heteroatoms. The van der Waals surface area contributed by atoms with Crippen LogP contribution in [0.1, 0.15) is 28.4 Å². The molecule has 0 radical (unpaired) electrons. The Morgan fingerprint density at radius 3 is 2.25 bits per heavy atom. The summed E-state index contributed by atoms with van der Waals surface area (Å²) in [5.41, 5.74) is 4.93. The van der Waals surface area contributed by atoms with Gasteiger partial charge in [0, 0.05) is 5.56 Å². The highest BCUT2D eigenvalue weighted by molar-refractivity contribution is 6.01. The van der Waals surface area contributed by atoms with Crippen LogP contribution in [0.15, 0.2) is 47.6 Å². The van der Waals surface area contributed by atoms with Gasteiger partial charge in [0.1, 0.15) is 0 Å². The van der Waals surface area contributed by atoms with Gasteiger partial charge in [0.2, 0.25) is 0 Å². The minimum atomic E-state index is -0.357. The SMILES string of the molecule is COc1ccc(C(=O)N/N=C(\C)c2ccc(C#N)cc2)cc1OC. The van der Waals surface area contributed by atoms with Crippen LogP contribution in [0.2, 0.25) is 0 Å². The highest BCUT2D eigenvalue weighted by Crippen LogP contribution is 2.27. The van der Waals surface area contributed by atoms with Gasteiger partial charge in [0.05, 0.1) is 31.6 Å². The van der Waals surface area contributed by atoms with Crippen LogP contribution in [-0.2, 0) is 0 Å². The summed E-state index contributed by atoms with van der Waals surface area (Å²) < 4.78 is 10.3. The number of hydrogen-bond donors (Lipinski definition) is 1. The Labute approximate surface area is 140 Å². The van der Waals surface area contributed by atoms with Crippen molar-refractivity contribution < 1.29 is 14.3 Å². The van der Waals surface area contributed by atoms with Gasteiger partial charge in [0.25, 0.3) is 5.91 Å². The van der Waals surface area contributed by atoms with E-state index in [0.29, 0.717) is 28.3 Å². The van der Waals surface area contributed by atoms with E-state index in [1.54, 1.807) is 49.4 Å². The predicted octanol–water partition coefficient (Wildman–Crippen LogP) is 2.73. The van der Waals surface area contributed by atoms with Crippen molar-refractivity contribution in [2.75, 3.05) is 14.2 Å². The largest absolute Gasteiger partial charge is 0.493 e. The standard InChI is InChI=1S/C18H17N3O3/c1-12(14-6-4-13(11-19)5-7-14)20-21-18(22)15-8-9-16(23-2)17(10-15)24-3/h4-10H,1-3H3,(H,21,22)/b20-12+. The van der Waals surface area contributed by atoms with Crippen molar-refractivity contribution in [3.8, 4) is 17.6 Å². The molecule has 0 aliphatic carbocycles. The van der Waals surface area contributed by atoms with E-state index in [0.717, 1.165) is 5.56 Å². The first kappa shape index (κ1) is 17.0. The average molecular weight is 323 g/mol. The second kappa shape index (κ2) is 7.79. The van der Waals surface area contributed by atoms with Gasteiger partial charge in [-0.05, 0) is 42.8 Å². The van der Waals surface area contributed by atoms with E-state index in [4.69, 9.17) is 14.7 Å². The summed E-state index contributed by atoms with van der Waals surface area (Å²) in [6, 6.07) is 13.9. The minimum Gasteiger partial charge on any atom is -0.493 e. The number of hydrogen-bond acceptors (Lipinski definition) is 5. The van der Waals surface area contributed by atoms with Gasteiger partial charge in [-0.2, -0.15) is 10.4 Å². The summed E-state index contributed by atoms with van der Waals surface area (Å²) >= 11 is 0. The fourth-order valence-corrected chi connectivity index (χ4v) is 2.03. The quantitative estimate of drug-likeness (QED) is 0.677. The fourth-order valence-electron chi connectivity index (χ4n) is 2.03. The Hall–Kier alpha value is -3.33. The molecule has 0 fully saturated rings. The zero-order chi connectivity index (χ0) is 17.5. The molecule has 0 aromatic heterocycles. The molecule has 0 heterocycles. The molecule has 24 heavy (non-hydrogen) atoms. The number of carbonyl (C=O) groups excluding carboxylic acids is 1. The molecule has 2 aromatic carbocycles. The molecule has 2 rings (SSSR count). The maximum Gasteiger partial charge on any atom is 0.271 e. The van der Waals surface area contributed by atoms with E-state index in [1.165, 1.54) is 14.2 Å². The minimum absolute atomic E-state index is 0.357. The summed E-state index contributed by atoms with van der Waals surface area (Å²) in [4.78, 5) is 12.2. The molecule has 0 atom stereocenters. The van der Waals surface area contributed by atoms with Crippen molar-refractivity contribution >= 4 is 11.6 Å². The van der Waals surface area contributed by atoms with Gasteiger partial charge in [-0.15, -0.1) is 0 Å². The third-order valence-corrected chi connectivity index (χ3v) is 3.40. The van der Waals surface area contributed by atoms with Crippen molar-refractivity contribution in [2.24, 2.45) is 5.10 Å². The lowest BCUT2D eigenvalue weighted by Gasteiger charge is -2.09. The zero-order valence-corrected chi connectivity index (χ0v) is 13.7. The molecule has 0 aliphatic heterocycles.